The summed E-state index contributed by atoms with van der Waals surface area (Å²) in [5.74, 6) is 0. The molecule has 0 bridgehead atoms. The van der Waals surface area contributed by atoms with Crippen molar-refractivity contribution in [2.75, 3.05) is 0 Å². The van der Waals surface area contributed by atoms with Gasteiger partial charge in [-0.3, -0.25) is 4.98 Å². The van der Waals surface area contributed by atoms with Crippen molar-refractivity contribution in [2.24, 2.45) is 5.73 Å². The molecule has 1 rings (SSSR count). The number of halogens is 1. The van der Waals surface area contributed by atoms with Gasteiger partial charge in [-0.1, -0.05) is 11.6 Å². The summed E-state index contributed by atoms with van der Waals surface area (Å²) in [6, 6.07) is 1.26. The first-order chi connectivity index (χ1) is 5.63. The minimum Gasteiger partial charge on any atom is -0.391 e. The fraction of sp³-hybridized carbons (Fsp3) is 0.375. The molecule has 4 heteroatoms. The molecule has 0 aliphatic carbocycles. The zero-order chi connectivity index (χ0) is 9.14. The lowest BCUT2D eigenvalue weighted by Gasteiger charge is -2.15. The number of aromatic nitrogens is 1. The maximum absolute atomic E-state index is 9.19. The van der Waals surface area contributed by atoms with Crippen LogP contribution in [0.3, 0.4) is 0 Å². The van der Waals surface area contributed by atoms with Crippen LogP contribution >= 0.6 is 11.6 Å². The molecule has 1 aromatic heterocycles. The second-order valence-corrected chi connectivity index (χ2v) is 3.07. The van der Waals surface area contributed by atoms with Crippen LogP contribution in [-0.4, -0.2) is 16.2 Å². The average molecular weight is 187 g/mol. The maximum Gasteiger partial charge on any atom is 0.0705 e. The van der Waals surface area contributed by atoms with E-state index in [1.54, 1.807) is 19.2 Å². The summed E-state index contributed by atoms with van der Waals surface area (Å²) in [5.41, 5.74) is 6.40. The van der Waals surface area contributed by atoms with Gasteiger partial charge in [0, 0.05) is 12.4 Å². The van der Waals surface area contributed by atoms with E-state index in [4.69, 9.17) is 17.3 Å². The Morgan fingerprint density at radius 3 is 2.83 bits per heavy atom. The van der Waals surface area contributed by atoms with Crippen molar-refractivity contribution in [1.82, 2.24) is 4.98 Å². The van der Waals surface area contributed by atoms with E-state index in [9.17, 15) is 5.11 Å². The maximum atomic E-state index is 9.19. The summed E-state index contributed by atoms with van der Waals surface area (Å²) in [5, 5.41) is 9.69. The van der Waals surface area contributed by atoms with E-state index in [1.807, 2.05) is 0 Å². The molecule has 0 aromatic carbocycles. The number of pyridine rings is 1. The second-order valence-electron chi connectivity index (χ2n) is 2.66. The molecule has 12 heavy (non-hydrogen) atoms. The van der Waals surface area contributed by atoms with Gasteiger partial charge in [-0.05, 0) is 18.6 Å². The molecule has 66 valence electrons. The third-order valence-electron chi connectivity index (χ3n) is 1.68. The highest BCUT2D eigenvalue weighted by molar-refractivity contribution is 6.31. The molecule has 0 saturated heterocycles. The van der Waals surface area contributed by atoms with Crippen LogP contribution in [0.25, 0.3) is 0 Å². The van der Waals surface area contributed by atoms with Crippen LogP contribution in [0.1, 0.15) is 18.5 Å². The summed E-state index contributed by atoms with van der Waals surface area (Å²) in [6.07, 6.45) is 2.51. The van der Waals surface area contributed by atoms with Gasteiger partial charge in [0.1, 0.15) is 0 Å². The number of nitrogens with two attached hydrogens (primary N) is 1. The standard InChI is InChI=1S/C8H11ClN2O/c1-5(12)8(10)6-2-3-11-4-7(6)9/h2-5,8,12H,10H2,1H3/t5?,8-/m1/s1. The Morgan fingerprint density at radius 2 is 2.33 bits per heavy atom. The van der Waals surface area contributed by atoms with E-state index in [0.717, 1.165) is 5.56 Å². The number of hydrogen-bond donors (Lipinski definition) is 2. The van der Waals surface area contributed by atoms with Gasteiger partial charge >= 0.3 is 0 Å². The number of rotatable bonds is 2. The van der Waals surface area contributed by atoms with Gasteiger partial charge in [-0.2, -0.15) is 0 Å². The van der Waals surface area contributed by atoms with Crippen LogP contribution in [0.4, 0.5) is 0 Å². The van der Waals surface area contributed by atoms with Gasteiger partial charge in [0.05, 0.1) is 17.2 Å². The molecule has 3 nitrogen and oxygen atoms in total. The van der Waals surface area contributed by atoms with Gasteiger partial charge < -0.3 is 10.8 Å². The molecular formula is C8H11ClN2O. The van der Waals surface area contributed by atoms with E-state index in [1.165, 1.54) is 6.20 Å². The van der Waals surface area contributed by atoms with Gasteiger partial charge in [-0.25, -0.2) is 0 Å². The third kappa shape index (κ3) is 1.94. The smallest absolute Gasteiger partial charge is 0.0705 e. The summed E-state index contributed by atoms with van der Waals surface area (Å²) in [4.78, 5) is 3.82. The third-order valence-corrected chi connectivity index (χ3v) is 2.00. The molecule has 0 aliphatic rings. The van der Waals surface area contributed by atoms with Crippen molar-refractivity contribution in [3.8, 4) is 0 Å². The highest BCUT2D eigenvalue weighted by atomic mass is 35.5. The number of hydrogen-bond acceptors (Lipinski definition) is 3. The number of nitrogens with zero attached hydrogens (tertiary/aromatic N) is 1. The summed E-state index contributed by atoms with van der Waals surface area (Å²) >= 11 is 5.81. The van der Waals surface area contributed by atoms with Crippen LogP contribution in [0, 0.1) is 0 Å². The molecule has 1 heterocycles. The normalized spacial score (nSPS) is 15.7. The van der Waals surface area contributed by atoms with Gasteiger partial charge in [0.25, 0.3) is 0 Å². The van der Waals surface area contributed by atoms with E-state index >= 15 is 0 Å². The molecule has 1 aromatic rings. The first kappa shape index (κ1) is 9.45. The Bertz CT molecular complexity index is 265. The molecule has 0 radical (unpaired) electrons. The van der Waals surface area contributed by atoms with E-state index in [0.29, 0.717) is 5.02 Å². The lowest BCUT2D eigenvalue weighted by atomic mass is 10.1. The Balaban J connectivity index is 2.94. The highest BCUT2D eigenvalue weighted by Gasteiger charge is 2.14. The van der Waals surface area contributed by atoms with Crippen LogP contribution in [0.15, 0.2) is 18.5 Å². The lowest BCUT2D eigenvalue weighted by molar-refractivity contribution is 0.164. The van der Waals surface area contributed by atoms with Crippen LogP contribution in [-0.2, 0) is 0 Å². The molecule has 3 N–H and O–H groups in total. The van der Waals surface area contributed by atoms with Crippen molar-refractivity contribution in [1.29, 1.82) is 0 Å². The lowest BCUT2D eigenvalue weighted by Crippen LogP contribution is -2.23. The predicted octanol–water partition coefficient (Wildman–Crippen LogP) is 1.12. The molecule has 0 saturated carbocycles. The fourth-order valence-corrected chi connectivity index (χ4v) is 1.16. The molecule has 0 aliphatic heterocycles. The number of aliphatic hydroxyl groups excluding tert-OH is 1. The fourth-order valence-electron chi connectivity index (χ4n) is 0.916. The van der Waals surface area contributed by atoms with Crippen LogP contribution in [0.2, 0.25) is 5.02 Å². The van der Waals surface area contributed by atoms with Gasteiger partial charge in [0.2, 0.25) is 0 Å². The van der Waals surface area contributed by atoms with E-state index < -0.39 is 12.1 Å². The quantitative estimate of drug-likeness (QED) is 0.728. The Kier molecular flexibility index (Phi) is 3.03. The summed E-state index contributed by atoms with van der Waals surface area (Å²) < 4.78 is 0. The average Bonchev–Trinajstić information content (AvgIpc) is 2.04. The van der Waals surface area contributed by atoms with Crippen molar-refractivity contribution in [3.63, 3.8) is 0 Å². The first-order valence-electron chi connectivity index (χ1n) is 3.66. The van der Waals surface area contributed by atoms with Crippen molar-refractivity contribution < 1.29 is 5.11 Å². The first-order valence-corrected chi connectivity index (χ1v) is 4.03. The Labute approximate surface area is 76.2 Å². The Morgan fingerprint density at radius 1 is 1.67 bits per heavy atom. The molecule has 1 unspecified atom stereocenters. The molecule has 2 atom stereocenters. The van der Waals surface area contributed by atoms with E-state index in [2.05, 4.69) is 4.98 Å². The van der Waals surface area contributed by atoms with Crippen LogP contribution in [0.5, 0.6) is 0 Å². The molecular weight excluding hydrogens is 176 g/mol. The highest BCUT2D eigenvalue weighted by Crippen LogP contribution is 2.21. The number of aliphatic hydroxyl groups is 1. The van der Waals surface area contributed by atoms with Crippen molar-refractivity contribution >= 4 is 11.6 Å². The summed E-state index contributed by atoms with van der Waals surface area (Å²) in [7, 11) is 0. The second kappa shape index (κ2) is 3.85. The van der Waals surface area contributed by atoms with Crippen molar-refractivity contribution in [2.45, 2.75) is 19.1 Å². The minimum atomic E-state index is -0.607. The van der Waals surface area contributed by atoms with Crippen molar-refractivity contribution in [3.05, 3.63) is 29.0 Å². The van der Waals surface area contributed by atoms with E-state index in [-0.39, 0.29) is 0 Å². The largest absolute Gasteiger partial charge is 0.391 e. The Hall–Kier alpha value is -0.640. The monoisotopic (exact) mass is 186 g/mol. The zero-order valence-corrected chi connectivity index (χ0v) is 7.49. The molecule has 0 amide bonds. The zero-order valence-electron chi connectivity index (χ0n) is 6.74. The predicted molar refractivity (Wildman–Crippen MR) is 47.9 cm³/mol. The van der Waals surface area contributed by atoms with Gasteiger partial charge in [0.15, 0.2) is 0 Å². The SMILES string of the molecule is CC(O)[C@@H](N)c1ccncc1Cl. The molecule has 0 spiro atoms. The topological polar surface area (TPSA) is 59.1 Å². The van der Waals surface area contributed by atoms with Crippen LogP contribution < -0.4 is 5.73 Å². The minimum absolute atomic E-state index is 0.444. The summed E-state index contributed by atoms with van der Waals surface area (Å²) in [6.45, 7) is 1.63. The van der Waals surface area contributed by atoms with Gasteiger partial charge in [-0.15, -0.1) is 0 Å². The molecule has 0 fully saturated rings.